The average Bonchev–Trinajstić information content (AvgIpc) is 2.60. The van der Waals surface area contributed by atoms with Crippen molar-refractivity contribution >= 4 is 26.4 Å². The molecule has 0 N–H and O–H groups in total. The van der Waals surface area contributed by atoms with Crippen LogP contribution in [-0.2, 0) is 9.84 Å². The second-order valence-electron chi connectivity index (χ2n) is 5.28. The molecule has 4 heteroatoms. The normalized spacial score (nSPS) is 11.5. The Hall–Kier alpha value is -2.46. The van der Waals surface area contributed by atoms with Crippen LogP contribution in [0.3, 0.4) is 0 Å². The van der Waals surface area contributed by atoms with Gasteiger partial charge in [0, 0.05) is 11.1 Å². The third-order valence-electron chi connectivity index (χ3n) is 3.89. The van der Waals surface area contributed by atoms with Crippen molar-refractivity contribution in [1.82, 2.24) is 0 Å². The Morgan fingerprint density at radius 2 is 1.52 bits per heavy atom. The van der Waals surface area contributed by atoms with Gasteiger partial charge in [-0.05, 0) is 35.0 Å². The molecule has 3 aromatic rings. The van der Waals surface area contributed by atoms with Crippen LogP contribution in [0, 0.1) is 0 Å². The van der Waals surface area contributed by atoms with E-state index in [9.17, 15) is 13.2 Å². The maximum absolute atomic E-state index is 12.7. The zero-order valence-electron chi connectivity index (χ0n) is 12.7. The molecule has 0 amide bonds. The van der Waals surface area contributed by atoms with Gasteiger partial charge in [0.1, 0.15) is 0 Å². The SMILES string of the molecule is CCS(=O)(=O)c1ccc(C(=O)c2cccc3ccccc23)cc1. The van der Waals surface area contributed by atoms with Crippen LogP contribution in [0.4, 0.5) is 0 Å². The van der Waals surface area contributed by atoms with Gasteiger partial charge in [0.2, 0.25) is 0 Å². The Kier molecular flexibility index (Phi) is 4.01. The summed E-state index contributed by atoms with van der Waals surface area (Å²) in [7, 11) is -3.25. The van der Waals surface area contributed by atoms with E-state index < -0.39 is 9.84 Å². The summed E-state index contributed by atoms with van der Waals surface area (Å²) in [5, 5.41) is 1.90. The Balaban J connectivity index is 2.03. The van der Waals surface area contributed by atoms with Crippen LogP contribution in [-0.4, -0.2) is 20.0 Å². The summed E-state index contributed by atoms with van der Waals surface area (Å²) in [4.78, 5) is 13.0. The molecule has 0 unspecified atom stereocenters. The third kappa shape index (κ3) is 2.90. The second kappa shape index (κ2) is 5.97. The van der Waals surface area contributed by atoms with Crippen LogP contribution in [0.1, 0.15) is 22.8 Å². The Morgan fingerprint density at radius 1 is 0.870 bits per heavy atom. The van der Waals surface area contributed by atoms with Gasteiger partial charge in [0.25, 0.3) is 0 Å². The zero-order chi connectivity index (χ0) is 16.4. The van der Waals surface area contributed by atoms with Gasteiger partial charge < -0.3 is 0 Å². The van der Waals surface area contributed by atoms with E-state index in [1.807, 2.05) is 36.4 Å². The predicted molar refractivity (Wildman–Crippen MR) is 91.5 cm³/mol. The fourth-order valence-electron chi connectivity index (χ4n) is 2.56. The highest BCUT2D eigenvalue weighted by molar-refractivity contribution is 7.91. The van der Waals surface area contributed by atoms with Crippen LogP contribution < -0.4 is 0 Å². The summed E-state index contributed by atoms with van der Waals surface area (Å²) in [6.07, 6.45) is 0. The molecule has 116 valence electrons. The van der Waals surface area contributed by atoms with Crippen molar-refractivity contribution in [2.45, 2.75) is 11.8 Å². The summed E-state index contributed by atoms with van der Waals surface area (Å²) >= 11 is 0. The number of hydrogen-bond acceptors (Lipinski definition) is 3. The van der Waals surface area contributed by atoms with Crippen molar-refractivity contribution in [1.29, 1.82) is 0 Å². The van der Waals surface area contributed by atoms with Crippen molar-refractivity contribution < 1.29 is 13.2 Å². The smallest absolute Gasteiger partial charge is 0.193 e. The van der Waals surface area contributed by atoms with Crippen LogP contribution in [0.25, 0.3) is 10.8 Å². The number of carbonyl (C=O) groups is 1. The second-order valence-corrected chi connectivity index (χ2v) is 7.56. The molecule has 0 aromatic heterocycles. The molecule has 0 spiro atoms. The van der Waals surface area contributed by atoms with Crippen molar-refractivity contribution in [3.05, 3.63) is 77.9 Å². The van der Waals surface area contributed by atoms with Crippen molar-refractivity contribution in [3.8, 4) is 0 Å². The maximum Gasteiger partial charge on any atom is 0.193 e. The van der Waals surface area contributed by atoms with Gasteiger partial charge in [0.15, 0.2) is 15.6 Å². The molecule has 3 aromatic carbocycles. The van der Waals surface area contributed by atoms with E-state index in [1.54, 1.807) is 25.1 Å². The predicted octanol–water partition coefficient (Wildman–Crippen LogP) is 3.86. The lowest BCUT2D eigenvalue weighted by molar-refractivity contribution is 0.104. The molecule has 0 radical (unpaired) electrons. The molecule has 3 nitrogen and oxygen atoms in total. The molecule has 0 saturated heterocycles. The lowest BCUT2D eigenvalue weighted by atomic mass is 9.97. The Morgan fingerprint density at radius 3 is 2.22 bits per heavy atom. The van der Waals surface area contributed by atoms with E-state index in [0.29, 0.717) is 11.1 Å². The minimum absolute atomic E-state index is 0.0453. The van der Waals surface area contributed by atoms with Gasteiger partial charge in [0.05, 0.1) is 10.6 Å². The van der Waals surface area contributed by atoms with Crippen molar-refractivity contribution in [3.63, 3.8) is 0 Å². The third-order valence-corrected chi connectivity index (χ3v) is 5.64. The summed E-state index contributed by atoms with van der Waals surface area (Å²) in [6, 6.07) is 19.5. The summed E-state index contributed by atoms with van der Waals surface area (Å²) in [6.45, 7) is 1.60. The quantitative estimate of drug-likeness (QED) is 0.685. The van der Waals surface area contributed by atoms with Crippen LogP contribution in [0.15, 0.2) is 71.6 Å². The highest BCUT2D eigenvalue weighted by atomic mass is 32.2. The van der Waals surface area contributed by atoms with E-state index in [0.717, 1.165) is 10.8 Å². The van der Waals surface area contributed by atoms with Gasteiger partial charge >= 0.3 is 0 Å². The van der Waals surface area contributed by atoms with E-state index in [-0.39, 0.29) is 16.4 Å². The molecule has 0 aliphatic rings. The van der Waals surface area contributed by atoms with E-state index in [4.69, 9.17) is 0 Å². The Labute approximate surface area is 135 Å². The van der Waals surface area contributed by atoms with Crippen LogP contribution >= 0.6 is 0 Å². The molecule has 0 fully saturated rings. The van der Waals surface area contributed by atoms with Gasteiger partial charge in [-0.15, -0.1) is 0 Å². The largest absolute Gasteiger partial charge is 0.289 e. The van der Waals surface area contributed by atoms with Gasteiger partial charge in [-0.25, -0.2) is 8.42 Å². The first-order valence-corrected chi connectivity index (χ1v) is 9.03. The summed E-state index contributed by atoms with van der Waals surface area (Å²) < 4.78 is 23.7. The minimum atomic E-state index is -3.25. The molecule has 0 aliphatic heterocycles. The van der Waals surface area contributed by atoms with E-state index in [2.05, 4.69) is 0 Å². The molecule has 0 heterocycles. The summed E-state index contributed by atoms with van der Waals surface area (Å²) in [5.41, 5.74) is 1.10. The number of hydrogen-bond donors (Lipinski definition) is 0. The molecular weight excluding hydrogens is 308 g/mol. The minimum Gasteiger partial charge on any atom is -0.289 e. The molecule has 0 aliphatic carbocycles. The molecule has 3 rings (SSSR count). The molecule has 0 atom stereocenters. The fraction of sp³-hybridized carbons (Fsp3) is 0.105. The number of sulfone groups is 1. The monoisotopic (exact) mass is 324 g/mol. The molecule has 23 heavy (non-hydrogen) atoms. The highest BCUT2D eigenvalue weighted by Crippen LogP contribution is 2.22. The van der Waals surface area contributed by atoms with Gasteiger partial charge in [-0.1, -0.05) is 49.4 Å². The lowest BCUT2D eigenvalue weighted by Crippen LogP contribution is -2.06. The highest BCUT2D eigenvalue weighted by Gasteiger charge is 2.15. The van der Waals surface area contributed by atoms with Gasteiger partial charge in [-0.2, -0.15) is 0 Å². The zero-order valence-corrected chi connectivity index (χ0v) is 13.5. The average molecular weight is 324 g/mol. The number of rotatable bonds is 4. The topological polar surface area (TPSA) is 51.2 Å². The van der Waals surface area contributed by atoms with Crippen LogP contribution in [0.2, 0.25) is 0 Å². The number of fused-ring (bicyclic) bond motifs is 1. The van der Waals surface area contributed by atoms with Crippen LogP contribution in [0.5, 0.6) is 0 Å². The van der Waals surface area contributed by atoms with E-state index >= 15 is 0 Å². The molecule has 0 saturated carbocycles. The lowest BCUT2D eigenvalue weighted by Gasteiger charge is -2.07. The first kappa shape index (κ1) is 15.4. The number of carbonyl (C=O) groups excluding carboxylic acids is 1. The standard InChI is InChI=1S/C19H16O3S/c1-2-23(21,22)16-12-10-15(11-13-16)19(20)18-9-5-7-14-6-3-4-8-17(14)18/h3-13H,2H2,1H3. The van der Waals surface area contributed by atoms with E-state index in [1.165, 1.54) is 12.1 Å². The first-order chi connectivity index (χ1) is 11.0. The van der Waals surface area contributed by atoms with Crippen molar-refractivity contribution in [2.75, 3.05) is 5.75 Å². The Bertz CT molecular complexity index is 966. The number of benzene rings is 3. The fourth-order valence-corrected chi connectivity index (χ4v) is 3.44. The molecule has 0 bridgehead atoms. The maximum atomic E-state index is 12.7. The van der Waals surface area contributed by atoms with Crippen molar-refractivity contribution in [2.24, 2.45) is 0 Å². The molecular formula is C19H16O3S. The first-order valence-electron chi connectivity index (χ1n) is 7.38. The van der Waals surface area contributed by atoms with Gasteiger partial charge in [-0.3, -0.25) is 4.79 Å². The number of ketones is 1. The summed E-state index contributed by atoms with van der Waals surface area (Å²) in [5.74, 6) is -0.0638.